The van der Waals surface area contributed by atoms with E-state index in [1.807, 2.05) is 7.05 Å². The highest BCUT2D eigenvalue weighted by Crippen LogP contribution is 2.34. The number of aryl methyl sites for hydroxylation is 1. The van der Waals surface area contributed by atoms with Gasteiger partial charge in [-0.2, -0.15) is 0 Å². The molecule has 0 aromatic carbocycles. The molecule has 7 heteroatoms. The Hall–Kier alpha value is -1.82. The molecular weight excluding hydrogens is 292 g/mol. The van der Waals surface area contributed by atoms with Gasteiger partial charge in [0, 0.05) is 19.4 Å². The first kappa shape index (κ1) is 14.1. The monoisotopic (exact) mass is 308 g/mol. The van der Waals surface area contributed by atoms with Crippen LogP contribution in [0.4, 0.5) is 0 Å². The van der Waals surface area contributed by atoms with Crippen molar-refractivity contribution in [3.63, 3.8) is 0 Å². The molecular formula is C14H17ClN4O2. The largest absolute Gasteiger partial charge is 0.337 e. The molecule has 21 heavy (non-hydrogen) atoms. The minimum absolute atomic E-state index is 0.147. The summed E-state index contributed by atoms with van der Waals surface area (Å²) in [4.78, 5) is 31.5. The van der Waals surface area contributed by atoms with Gasteiger partial charge in [0.2, 0.25) is 0 Å². The number of hydrogen-bond donors (Lipinski definition) is 1. The first-order valence-corrected chi connectivity index (χ1v) is 7.44. The highest BCUT2D eigenvalue weighted by Gasteiger charge is 2.25. The van der Waals surface area contributed by atoms with E-state index >= 15 is 0 Å². The summed E-state index contributed by atoms with van der Waals surface area (Å²) < 4.78 is 2.97. The molecule has 1 fully saturated rings. The van der Waals surface area contributed by atoms with Gasteiger partial charge in [-0.05, 0) is 18.8 Å². The van der Waals surface area contributed by atoms with Crippen LogP contribution in [-0.4, -0.2) is 19.1 Å². The third-order valence-corrected chi connectivity index (χ3v) is 4.46. The molecule has 0 amide bonds. The maximum atomic E-state index is 12.7. The van der Waals surface area contributed by atoms with E-state index < -0.39 is 5.69 Å². The first-order valence-electron chi connectivity index (χ1n) is 7.06. The lowest BCUT2D eigenvalue weighted by Crippen LogP contribution is -2.38. The van der Waals surface area contributed by atoms with Crippen molar-refractivity contribution in [2.45, 2.75) is 38.1 Å². The molecule has 1 saturated carbocycles. The molecule has 2 aromatic heterocycles. The minimum Gasteiger partial charge on any atom is -0.337 e. The fourth-order valence-corrected chi connectivity index (χ4v) is 3.28. The number of H-pyrrole nitrogens is 1. The van der Waals surface area contributed by atoms with Crippen molar-refractivity contribution in [2.24, 2.45) is 7.05 Å². The van der Waals surface area contributed by atoms with E-state index in [0.717, 1.165) is 25.7 Å². The van der Waals surface area contributed by atoms with Crippen molar-refractivity contribution in [2.75, 3.05) is 0 Å². The van der Waals surface area contributed by atoms with Crippen LogP contribution in [0.3, 0.4) is 0 Å². The van der Waals surface area contributed by atoms with E-state index in [-0.39, 0.29) is 23.2 Å². The Labute approximate surface area is 126 Å². The van der Waals surface area contributed by atoms with E-state index in [1.54, 1.807) is 17.0 Å². The molecule has 0 spiro atoms. The van der Waals surface area contributed by atoms with Crippen LogP contribution in [0.25, 0.3) is 0 Å². The fourth-order valence-electron chi connectivity index (χ4n) is 2.96. The lowest BCUT2D eigenvalue weighted by atomic mass is 10.0. The standard InChI is InChI=1S/C14H17ClN4O2/c1-18-7-6-16-10(18)8-19-13(20)11(9-4-2-3-5-9)12(15)17-14(19)21/h6-7,9H,2-5,8H2,1H3,(H,17,21). The lowest BCUT2D eigenvalue weighted by Gasteiger charge is -2.13. The van der Waals surface area contributed by atoms with E-state index in [4.69, 9.17) is 11.6 Å². The molecule has 0 unspecified atom stereocenters. The Morgan fingerprint density at radius 1 is 1.38 bits per heavy atom. The zero-order valence-corrected chi connectivity index (χ0v) is 12.6. The number of nitrogens with zero attached hydrogens (tertiary/aromatic N) is 3. The number of halogens is 1. The van der Waals surface area contributed by atoms with Crippen molar-refractivity contribution in [3.05, 3.63) is 49.8 Å². The summed E-state index contributed by atoms with van der Waals surface area (Å²) in [6, 6.07) is 0. The molecule has 0 bridgehead atoms. The maximum Gasteiger partial charge on any atom is 0.329 e. The van der Waals surface area contributed by atoms with Crippen LogP contribution in [0.15, 0.2) is 22.0 Å². The van der Waals surface area contributed by atoms with Gasteiger partial charge in [0.25, 0.3) is 5.56 Å². The quantitative estimate of drug-likeness (QED) is 0.876. The Balaban J connectivity index is 2.08. The van der Waals surface area contributed by atoms with Gasteiger partial charge in [0.05, 0.1) is 12.1 Å². The Morgan fingerprint density at radius 3 is 2.71 bits per heavy atom. The molecule has 2 aromatic rings. The van der Waals surface area contributed by atoms with Gasteiger partial charge in [-0.1, -0.05) is 24.4 Å². The van der Waals surface area contributed by atoms with E-state index in [9.17, 15) is 9.59 Å². The predicted octanol–water partition coefficient (Wildman–Crippen LogP) is 1.63. The summed E-state index contributed by atoms with van der Waals surface area (Å²) in [5, 5.41) is 0.188. The molecule has 0 radical (unpaired) electrons. The Bertz CT molecular complexity index is 768. The molecule has 1 aliphatic rings. The van der Waals surface area contributed by atoms with Gasteiger partial charge in [-0.15, -0.1) is 0 Å². The SMILES string of the molecule is Cn1ccnc1Cn1c(=O)[nH]c(Cl)c(C2CCCC2)c1=O. The van der Waals surface area contributed by atoms with Gasteiger partial charge in [0.1, 0.15) is 11.0 Å². The number of aromatic nitrogens is 4. The zero-order chi connectivity index (χ0) is 15.0. The van der Waals surface area contributed by atoms with Crippen LogP contribution in [-0.2, 0) is 13.6 Å². The van der Waals surface area contributed by atoms with E-state index in [1.165, 1.54) is 4.57 Å². The summed E-state index contributed by atoms with van der Waals surface area (Å²) in [6.07, 6.45) is 7.51. The van der Waals surface area contributed by atoms with Crippen molar-refractivity contribution < 1.29 is 0 Å². The van der Waals surface area contributed by atoms with Crippen molar-refractivity contribution in [1.82, 2.24) is 19.1 Å². The maximum absolute atomic E-state index is 12.7. The molecule has 112 valence electrons. The van der Waals surface area contributed by atoms with Gasteiger partial charge in [0.15, 0.2) is 0 Å². The smallest absolute Gasteiger partial charge is 0.329 e. The molecule has 1 aliphatic carbocycles. The normalized spacial score (nSPS) is 15.7. The van der Waals surface area contributed by atoms with Gasteiger partial charge < -0.3 is 4.57 Å². The zero-order valence-electron chi connectivity index (χ0n) is 11.8. The first-order chi connectivity index (χ1) is 10.1. The predicted molar refractivity (Wildman–Crippen MR) is 79.9 cm³/mol. The third kappa shape index (κ3) is 2.55. The van der Waals surface area contributed by atoms with Crippen molar-refractivity contribution >= 4 is 11.6 Å². The number of aromatic amines is 1. The average Bonchev–Trinajstić information content (AvgIpc) is 3.07. The number of rotatable bonds is 3. The van der Waals surface area contributed by atoms with Gasteiger partial charge in [-0.25, -0.2) is 9.78 Å². The highest BCUT2D eigenvalue weighted by atomic mass is 35.5. The molecule has 2 heterocycles. The lowest BCUT2D eigenvalue weighted by molar-refractivity contribution is 0.612. The van der Waals surface area contributed by atoms with Crippen LogP contribution in [0.1, 0.15) is 43.0 Å². The highest BCUT2D eigenvalue weighted by molar-refractivity contribution is 6.30. The molecule has 0 aliphatic heterocycles. The van der Waals surface area contributed by atoms with Crippen LogP contribution in [0, 0.1) is 0 Å². The van der Waals surface area contributed by atoms with E-state index in [2.05, 4.69) is 9.97 Å². The van der Waals surface area contributed by atoms with Crippen LogP contribution < -0.4 is 11.2 Å². The molecule has 0 atom stereocenters. The second-order valence-electron chi connectivity index (χ2n) is 5.48. The van der Waals surface area contributed by atoms with Crippen LogP contribution >= 0.6 is 11.6 Å². The second-order valence-corrected chi connectivity index (χ2v) is 5.86. The molecule has 1 N–H and O–H groups in total. The Morgan fingerprint density at radius 2 is 2.10 bits per heavy atom. The summed E-state index contributed by atoms with van der Waals surface area (Å²) in [5.74, 6) is 0.803. The summed E-state index contributed by atoms with van der Waals surface area (Å²) in [5.41, 5.74) is -0.239. The van der Waals surface area contributed by atoms with Gasteiger partial charge in [-0.3, -0.25) is 14.3 Å². The topological polar surface area (TPSA) is 72.7 Å². The minimum atomic E-state index is -0.491. The Kier molecular flexibility index (Phi) is 3.71. The van der Waals surface area contributed by atoms with Crippen LogP contribution in [0.2, 0.25) is 5.15 Å². The number of hydrogen-bond acceptors (Lipinski definition) is 3. The summed E-state index contributed by atoms with van der Waals surface area (Å²) in [6.45, 7) is 0.147. The van der Waals surface area contributed by atoms with Crippen LogP contribution in [0.5, 0.6) is 0 Å². The van der Waals surface area contributed by atoms with Crippen molar-refractivity contribution in [3.8, 4) is 0 Å². The average molecular weight is 309 g/mol. The second kappa shape index (κ2) is 5.52. The molecule has 0 saturated heterocycles. The fraction of sp³-hybridized carbons (Fsp3) is 0.500. The number of imidazole rings is 1. The van der Waals surface area contributed by atoms with E-state index in [0.29, 0.717) is 11.4 Å². The van der Waals surface area contributed by atoms with Gasteiger partial charge >= 0.3 is 5.69 Å². The van der Waals surface area contributed by atoms with Crippen molar-refractivity contribution in [1.29, 1.82) is 0 Å². The third-order valence-electron chi connectivity index (χ3n) is 4.16. The summed E-state index contributed by atoms with van der Waals surface area (Å²) in [7, 11) is 1.83. The number of nitrogens with one attached hydrogen (secondary N) is 1. The summed E-state index contributed by atoms with van der Waals surface area (Å²) >= 11 is 6.11. The molecule has 3 rings (SSSR count). The molecule has 6 nitrogen and oxygen atoms in total.